The number of rotatable bonds is 4. The van der Waals surface area contributed by atoms with Gasteiger partial charge in [0.2, 0.25) is 0 Å². The summed E-state index contributed by atoms with van der Waals surface area (Å²) in [5, 5.41) is 0.761. The van der Waals surface area contributed by atoms with Crippen molar-refractivity contribution in [2.45, 2.75) is 13.1 Å². The van der Waals surface area contributed by atoms with Gasteiger partial charge in [0.1, 0.15) is 0 Å². The molecule has 0 spiro atoms. The second kappa shape index (κ2) is 6.42. The standard InChI is InChI=1S/C15H16BrClN2/c1-19(9-11-2-4-13(16)5-3-11)10-12-8-14(18)6-7-15(12)17/h2-8H,9-10,18H2,1H3. The highest BCUT2D eigenvalue weighted by molar-refractivity contribution is 9.10. The molecular weight excluding hydrogens is 324 g/mol. The van der Waals surface area contributed by atoms with Crippen LogP contribution >= 0.6 is 27.5 Å². The number of halogens is 2. The van der Waals surface area contributed by atoms with Crippen LogP contribution in [-0.4, -0.2) is 11.9 Å². The number of nitrogens with two attached hydrogens (primary N) is 1. The molecule has 0 fully saturated rings. The Morgan fingerprint density at radius 2 is 1.79 bits per heavy atom. The SMILES string of the molecule is CN(Cc1ccc(Br)cc1)Cc1cc(N)ccc1Cl. The first-order valence-corrected chi connectivity index (χ1v) is 7.18. The molecule has 4 heteroatoms. The van der Waals surface area contributed by atoms with E-state index < -0.39 is 0 Å². The van der Waals surface area contributed by atoms with Gasteiger partial charge in [-0.05, 0) is 48.5 Å². The number of benzene rings is 2. The smallest absolute Gasteiger partial charge is 0.0452 e. The fourth-order valence-corrected chi connectivity index (χ4v) is 2.41. The number of hydrogen-bond acceptors (Lipinski definition) is 2. The molecule has 100 valence electrons. The van der Waals surface area contributed by atoms with Gasteiger partial charge in [0.05, 0.1) is 0 Å². The van der Waals surface area contributed by atoms with Gasteiger partial charge in [-0.25, -0.2) is 0 Å². The fourth-order valence-electron chi connectivity index (χ4n) is 1.96. The molecule has 0 radical (unpaired) electrons. The predicted octanol–water partition coefficient (Wildman–Crippen LogP) is 4.32. The first-order valence-electron chi connectivity index (χ1n) is 6.01. The third-order valence-corrected chi connectivity index (χ3v) is 3.77. The molecule has 2 nitrogen and oxygen atoms in total. The minimum Gasteiger partial charge on any atom is -0.399 e. The van der Waals surface area contributed by atoms with Crippen molar-refractivity contribution < 1.29 is 0 Å². The molecule has 0 atom stereocenters. The van der Waals surface area contributed by atoms with Gasteiger partial charge >= 0.3 is 0 Å². The Balaban J connectivity index is 2.02. The van der Waals surface area contributed by atoms with Gasteiger partial charge in [0.15, 0.2) is 0 Å². The molecule has 0 unspecified atom stereocenters. The van der Waals surface area contributed by atoms with E-state index in [1.165, 1.54) is 5.56 Å². The second-order valence-corrected chi connectivity index (χ2v) is 5.97. The Morgan fingerprint density at radius 3 is 2.47 bits per heavy atom. The molecule has 0 bridgehead atoms. The lowest BCUT2D eigenvalue weighted by atomic mass is 10.1. The molecule has 0 amide bonds. The van der Waals surface area contributed by atoms with Gasteiger partial charge in [-0.2, -0.15) is 0 Å². The molecule has 19 heavy (non-hydrogen) atoms. The number of anilines is 1. The summed E-state index contributed by atoms with van der Waals surface area (Å²) < 4.78 is 1.10. The molecule has 2 rings (SSSR count). The lowest BCUT2D eigenvalue weighted by Crippen LogP contribution is -2.17. The fraction of sp³-hybridized carbons (Fsp3) is 0.200. The van der Waals surface area contributed by atoms with E-state index in [1.807, 2.05) is 18.2 Å². The first-order chi connectivity index (χ1) is 9.04. The second-order valence-electron chi connectivity index (χ2n) is 4.65. The maximum atomic E-state index is 6.18. The maximum Gasteiger partial charge on any atom is 0.0452 e. The maximum absolute atomic E-state index is 6.18. The normalized spacial score (nSPS) is 10.9. The third-order valence-electron chi connectivity index (χ3n) is 2.88. The third kappa shape index (κ3) is 4.23. The van der Waals surface area contributed by atoms with Crippen LogP contribution in [0.4, 0.5) is 5.69 Å². The van der Waals surface area contributed by atoms with Gasteiger partial charge < -0.3 is 5.73 Å². The molecule has 2 N–H and O–H groups in total. The average Bonchev–Trinajstić information content (AvgIpc) is 2.37. The summed E-state index contributed by atoms with van der Waals surface area (Å²) in [4.78, 5) is 2.21. The van der Waals surface area contributed by atoms with Crippen LogP contribution in [0.2, 0.25) is 5.02 Å². The van der Waals surface area contributed by atoms with Crippen molar-refractivity contribution >= 4 is 33.2 Å². The summed E-state index contributed by atoms with van der Waals surface area (Å²) in [5.41, 5.74) is 8.86. The van der Waals surface area contributed by atoms with E-state index in [1.54, 1.807) is 0 Å². The number of nitrogen functional groups attached to an aromatic ring is 1. The lowest BCUT2D eigenvalue weighted by Gasteiger charge is -2.18. The Hall–Kier alpha value is -1.03. The molecule has 0 aliphatic rings. The average molecular weight is 340 g/mol. The van der Waals surface area contributed by atoms with Crippen LogP contribution in [0.25, 0.3) is 0 Å². The predicted molar refractivity (Wildman–Crippen MR) is 85.2 cm³/mol. The topological polar surface area (TPSA) is 29.3 Å². The number of hydrogen-bond donors (Lipinski definition) is 1. The Morgan fingerprint density at radius 1 is 1.11 bits per heavy atom. The summed E-state index contributed by atoms with van der Waals surface area (Å²) in [6.07, 6.45) is 0. The van der Waals surface area contributed by atoms with Crippen LogP contribution in [0.5, 0.6) is 0 Å². The Bertz CT molecular complexity index is 555. The van der Waals surface area contributed by atoms with Crippen molar-refractivity contribution in [2.75, 3.05) is 12.8 Å². The van der Waals surface area contributed by atoms with Gasteiger partial charge in [0, 0.05) is 28.3 Å². The molecule has 0 aromatic heterocycles. The highest BCUT2D eigenvalue weighted by atomic mass is 79.9. The van der Waals surface area contributed by atoms with E-state index >= 15 is 0 Å². The monoisotopic (exact) mass is 338 g/mol. The van der Waals surface area contributed by atoms with Crippen LogP contribution in [0.15, 0.2) is 46.9 Å². The zero-order valence-electron chi connectivity index (χ0n) is 10.7. The highest BCUT2D eigenvalue weighted by Crippen LogP contribution is 2.21. The van der Waals surface area contributed by atoms with Crippen LogP contribution < -0.4 is 5.73 Å². The van der Waals surface area contributed by atoms with E-state index in [9.17, 15) is 0 Å². The summed E-state index contributed by atoms with van der Waals surface area (Å²) in [6, 6.07) is 13.9. The largest absolute Gasteiger partial charge is 0.399 e. The van der Waals surface area contributed by atoms with Crippen LogP contribution in [-0.2, 0) is 13.1 Å². The zero-order chi connectivity index (χ0) is 13.8. The molecule has 0 saturated heterocycles. The Labute approximate surface area is 127 Å². The molecule has 0 heterocycles. The molecule has 2 aromatic carbocycles. The van der Waals surface area contributed by atoms with Crippen LogP contribution in [0.3, 0.4) is 0 Å². The summed E-state index contributed by atoms with van der Waals surface area (Å²) >= 11 is 9.61. The lowest BCUT2D eigenvalue weighted by molar-refractivity contribution is 0.319. The molecular formula is C15H16BrClN2. The Kier molecular flexibility index (Phi) is 4.86. The van der Waals surface area contributed by atoms with E-state index in [2.05, 4.69) is 52.1 Å². The summed E-state index contributed by atoms with van der Waals surface area (Å²) in [6.45, 7) is 1.65. The van der Waals surface area contributed by atoms with Crippen molar-refractivity contribution in [3.05, 3.63) is 63.1 Å². The summed E-state index contributed by atoms with van der Waals surface area (Å²) in [5.74, 6) is 0. The van der Waals surface area contributed by atoms with Gasteiger partial charge in [-0.15, -0.1) is 0 Å². The van der Waals surface area contributed by atoms with Crippen molar-refractivity contribution in [1.29, 1.82) is 0 Å². The quantitative estimate of drug-likeness (QED) is 0.841. The molecule has 0 aliphatic heterocycles. The number of nitrogens with zero attached hydrogens (tertiary/aromatic N) is 1. The van der Waals surface area contributed by atoms with E-state index in [4.69, 9.17) is 17.3 Å². The van der Waals surface area contributed by atoms with E-state index in [0.717, 1.165) is 33.8 Å². The first kappa shape index (κ1) is 14.4. The van der Waals surface area contributed by atoms with Gasteiger partial charge in [0.25, 0.3) is 0 Å². The molecule has 0 saturated carbocycles. The van der Waals surface area contributed by atoms with E-state index in [0.29, 0.717) is 0 Å². The minimum absolute atomic E-state index is 0.747. The summed E-state index contributed by atoms with van der Waals surface area (Å²) in [7, 11) is 2.07. The van der Waals surface area contributed by atoms with Crippen LogP contribution in [0.1, 0.15) is 11.1 Å². The van der Waals surface area contributed by atoms with Crippen molar-refractivity contribution in [3.63, 3.8) is 0 Å². The minimum atomic E-state index is 0.747. The van der Waals surface area contributed by atoms with Crippen LogP contribution in [0, 0.1) is 0 Å². The van der Waals surface area contributed by atoms with Crippen molar-refractivity contribution in [1.82, 2.24) is 4.90 Å². The molecule has 0 aliphatic carbocycles. The zero-order valence-corrected chi connectivity index (χ0v) is 13.1. The molecule has 2 aromatic rings. The van der Waals surface area contributed by atoms with Crippen molar-refractivity contribution in [3.8, 4) is 0 Å². The van der Waals surface area contributed by atoms with Gasteiger partial charge in [-0.3, -0.25) is 4.90 Å². The van der Waals surface area contributed by atoms with E-state index in [-0.39, 0.29) is 0 Å². The van der Waals surface area contributed by atoms with Crippen molar-refractivity contribution in [2.24, 2.45) is 0 Å². The highest BCUT2D eigenvalue weighted by Gasteiger charge is 2.06. The van der Waals surface area contributed by atoms with Gasteiger partial charge in [-0.1, -0.05) is 39.7 Å².